The zero-order valence-electron chi connectivity index (χ0n) is 11.5. The molecule has 108 valence electrons. The second-order valence-electron chi connectivity index (χ2n) is 4.92. The highest BCUT2D eigenvalue weighted by Gasteiger charge is 2.25. The van der Waals surface area contributed by atoms with Crippen LogP contribution in [0.4, 0.5) is 11.4 Å². The molecular weight excluding hydrogens is 256 g/mol. The predicted octanol–water partition coefficient (Wildman–Crippen LogP) is 3.16. The normalized spacial score (nSPS) is 18.2. The number of benzene rings is 1. The molecule has 5 heteroatoms. The Morgan fingerprint density at radius 3 is 2.85 bits per heavy atom. The number of anilines is 1. The minimum absolute atomic E-state index is 0.131. The van der Waals surface area contributed by atoms with E-state index in [2.05, 4.69) is 11.5 Å². The van der Waals surface area contributed by atoms with E-state index in [4.69, 9.17) is 4.74 Å². The van der Waals surface area contributed by atoms with Crippen molar-refractivity contribution in [2.24, 2.45) is 0 Å². The molecule has 1 aromatic rings. The first kappa shape index (κ1) is 14.5. The Morgan fingerprint density at radius 1 is 1.45 bits per heavy atom. The zero-order chi connectivity index (χ0) is 14.4. The van der Waals surface area contributed by atoms with Crippen molar-refractivity contribution >= 4 is 11.4 Å². The molecule has 0 spiro atoms. The molecule has 0 bridgehead atoms. The lowest BCUT2D eigenvalue weighted by molar-refractivity contribution is -0.384. The summed E-state index contributed by atoms with van der Waals surface area (Å²) in [7, 11) is 0. The van der Waals surface area contributed by atoms with Crippen molar-refractivity contribution in [2.75, 3.05) is 24.7 Å². The van der Waals surface area contributed by atoms with Crippen LogP contribution in [0.2, 0.25) is 0 Å². The fourth-order valence-electron chi connectivity index (χ4n) is 2.50. The number of ether oxygens (including phenoxy) is 1. The molecule has 0 saturated carbocycles. The quantitative estimate of drug-likeness (QED) is 0.332. The first-order valence-corrected chi connectivity index (χ1v) is 6.92. The van der Waals surface area contributed by atoms with Gasteiger partial charge in [-0.25, -0.2) is 0 Å². The maximum atomic E-state index is 10.7. The average molecular weight is 276 g/mol. The van der Waals surface area contributed by atoms with Gasteiger partial charge in [0.15, 0.2) is 0 Å². The van der Waals surface area contributed by atoms with Gasteiger partial charge in [0.2, 0.25) is 0 Å². The summed E-state index contributed by atoms with van der Waals surface area (Å²) in [6, 6.07) is 7.12. The Kier molecular flexibility index (Phi) is 5.12. The molecule has 1 saturated heterocycles. The predicted molar refractivity (Wildman–Crippen MR) is 79.1 cm³/mol. The SMILES string of the molecule is C=CCCOCC1CCCN1c1ccc([N+](=O)[O-])cc1. The summed E-state index contributed by atoms with van der Waals surface area (Å²) in [6.07, 6.45) is 4.95. The molecule has 0 radical (unpaired) electrons. The number of non-ortho nitro benzene ring substituents is 1. The molecule has 20 heavy (non-hydrogen) atoms. The maximum absolute atomic E-state index is 10.7. The first-order chi connectivity index (χ1) is 9.72. The van der Waals surface area contributed by atoms with Crippen LogP contribution in [0.15, 0.2) is 36.9 Å². The molecule has 1 fully saturated rings. The molecule has 1 unspecified atom stereocenters. The molecule has 1 aromatic carbocycles. The van der Waals surface area contributed by atoms with Gasteiger partial charge in [-0.2, -0.15) is 0 Å². The summed E-state index contributed by atoms with van der Waals surface area (Å²) in [4.78, 5) is 12.6. The number of nitro benzene ring substituents is 1. The van der Waals surface area contributed by atoms with Gasteiger partial charge in [0.25, 0.3) is 5.69 Å². The minimum atomic E-state index is -0.371. The van der Waals surface area contributed by atoms with Crippen LogP contribution in [0, 0.1) is 10.1 Å². The van der Waals surface area contributed by atoms with Gasteiger partial charge in [-0.1, -0.05) is 6.08 Å². The van der Waals surface area contributed by atoms with Crippen LogP contribution in [0.25, 0.3) is 0 Å². The van der Waals surface area contributed by atoms with Crippen LogP contribution in [0.5, 0.6) is 0 Å². The van der Waals surface area contributed by atoms with Crippen LogP contribution < -0.4 is 4.90 Å². The summed E-state index contributed by atoms with van der Waals surface area (Å²) in [5, 5.41) is 10.7. The standard InChI is InChI=1S/C15H20N2O3/c1-2-3-11-20-12-15-5-4-10-16(15)13-6-8-14(9-7-13)17(18)19/h2,6-9,15H,1,3-5,10-12H2. The number of hydrogen-bond donors (Lipinski definition) is 0. The van der Waals surface area contributed by atoms with Crippen molar-refractivity contribution < 1.29 is 9.66 Å². The van der Waals surface area contributed by atoms with Gasteiger partial charge in [-0.05, 0) is 31.4 Å². The lowest BCUT2D eigenvalue weighted by atomic mass is 10.2. The molecule has 1 aliphatic rings. The average Bonchev–Trinajstić information content (AvgIpc) is 2.92. The molecule has 1 heterocycles. The van der Waals surface area contributed by atoms with Gasteiger partial charge < -0.3 is 9.64 Å². The van der Waals surface area contributed by atoms with E-state index in [0.717, 1.165) is 31.5 Å². The molecule has 1 aliphatic heterocycles. The van der Waals surface area contributed by atoms with Crippen LogP contribution in [0.1, 0.15) is 19.3 Å². The summed E-state index contributed by atoms with van der Waals surface area (Å²) >= 11 is 0. The Bertz CT molecular complexity index is 459. The van der Waals surface area contributed by atoms with Gasteiger partial charge in [-0.3, -0.25) is 10.1 Å². The van der Waals surface area contributed by atoms with E-state index in [0.29, 0.717) is 19.3 Å². The number of nitrogens with zero attached hydrogens (tertiary/aromatic N) is 2. The van der Waals surface area contributed by atoms with E-state index in [-0.39, 0.29) is 10.6 Å². The molecule has 0 aromatic heterocycles. The number of hydrogen-bond acceptors (Lipinski definition) is 4. The van der Waals surface area contributed by atoms with Crippen molar-refractivity contribution in [3.8, 4) is 0 Å². The van der Waals surface area contributed by atoms with Gasteiger partial charge >= 0.3 is 0 Å². The van der Waals surface area contributed by atoms with Crippen LogP contribution >= 0.6 is 0 Å². The fraction of sp³-hybridized carbons (Fsp3) is 0.467. The highest BCUT2D eigenvalue weighted by atomic mass is 16.6. The first-order valence-electron chi connectivity index (χ1n) is 6.92. The van der Waals surface area contributed by atoms with E-state index in [9.17, 15) is 10.1 Å². The van der Waals surface area contributed by atoms with Crippen molar-refractivity contribution in [2.45, 2.75) is 25.3 Å². The number of rotatable bonds is 7. The van der Waals surface area contributed by atoms with Gasteiger partial charge in [0, 0.05) is 24.4 Å². The van der Waals surface area contributed by atoms with E-state index in [1.165, 1.54) is 0 Å². The van der Waals surface area contributed by atoms with E-state index >= 15 is 0 Å². The topological polar surface area (TPSA) is 55.6 Å². The molecule has 0 amide bonds. The lowest BCUT2D eigenvalue weighted by Gasteiger charge is -2.26. The van der Waals surface area contributed by atoms with Crippen molar-refractivity contribution in [3.63, 3.8) is 0 Å². The highest BCUT2D eigenvalue weighted by Crippen LogP contribution is 2.27. The summed E-state index contributed by atoms with van der Waals surface area (Å²) in [5.41, 5.74) is 1.16. The highest BCUT2D eigenvalue weighted by molar-refractivity contribution is 5.52. The van der Waals surface area contributed by atoms with Crippen molar-refractivity contribution in [3.05, 3.63) is 47.0 Å². The van der Waals surface area contributed by atoms with E-state index < -0.39 is 0 Å². The third-order valence-corrected chi connectivity index (χ3v) is 3.55. The lowest BCUT2D eigenvalue weighted by Crippen LogP contribution is -2.33. The molecule has 1 atom stereocenters. The molecule has 0 aliphatic carbocycles. The molecule has 2 rings (SSSR count). The minimum Gasteiger partial charge on any atom is -0.379 e. The van der Waals surface area contributed by atoms with Gasteiger partial charge in [0.05, 0.1) is 24.2 Å². The van der Waals surface area contributed by atoms with Gasteiger partial charge in [-0.15, -0.1) is 6.58 Å². The summed E-state index contributed by atoms with van der Waals surface area (Å²) in [5.74, 6) is 0. The molecular formula is C15H20N2O3. The zero-order valence-corrected chi connectivity index (χ0v) is 11.5. The summed E-state index contributed by atoms with van der Waals surface area (Å²) < 4.78 is 5.65. The third-order valence-electron chi connectivity index (χ3n) is 3.55. The monoisotopic (exact) mass is 276 g/mol. The van der Waals surface area contributed by atoms with Crippen LogP contribution in [0.3, 0.4) is 0 Å². The maximum Gasteiger partial charge on any atom is 0.269 e. The second-order valence-corrected chi connectivity index (χ2v) is 4.92. The van der Waals surface area contributed by atoms with Crippen molar-refractivity contribution in [1.82, 2.24) is 0 Å². The van der Waals surface area contributed by atoms with Gasteiger partial charge in [0.1, 0.15) is 0 Å². The van der Waals surface area contributed by atoms with Crippen molar-refractivity contribution in [1.29, 1.82) is 0 Å². The Hall–Kier alpha value is -1.88. The Morgan fingerprint density at radius 2 is 2.20 bits per heavy atom. The fourth-order valence-corrected chi connectivity index (χ4v) is 2.50. The van der Waals surface area contributed by atoms with E-state index in [1.807, 2.05) is 18.2 Å². The molecule has 0 N–H and O–H groups in total. The summed E-state index contributed by atoms with van der Waals surface area (Å²) in [6.45, 7) is 6.05. The molecule has 5 nitrogen and oxygen atoms in total. The van der Waals surface area contributed by atoms with Crippen LogP contribution in [-0.4, -0.2) is 30.7 Å². The largest absolute Gasteiger partial charge is 0.379 e. The Balaban J connectivity index is 1.95. The third kappa shape index (κ3) is 3.57. The Labute approximate surface area is 119 Å². The smallest absolute Gasteiger partial charge is 0.269 e. The number of nitro groups is 1. The van der Waals surface area contributed by atoms with Crippen LogP contribution in [-0.2, 0) is 4.74 Å². The second kappa shape index (κ2) is 7.05. The van der Waals surface area contributed by atoms with E-state index in [1.54, 1.807) is 12.1 Å².